The van der Waals surface area contributed by atoms with Crippen LogP contribution in [0.2, 0.25) is 0 Å². The van der Waals surface area contributed by atoms with E-state index in [-0.39, 0.29) is 11.4 Å². The van der Waals surface area contributed by atoms with Crippen LogP contribution in [-0.2, 0) is 0 Å². The number of rotatable bonds is 3. The molecule has 0 amide bonds. The Morgan fingerprint density at radius 2 is 1.79 bits per heavy atom. The van der Waals surface area contributed by atoms with Crippen LogP contribution in [0.25, 0.3) is 5.69 Å². The van der Waals surface area contributed by atoms with Gasteiger partial charge in [0, 0.05) is 11.9 Å². The lowest BCUT2D eigenvalue weighted by atomic mass is 10.1. The zero-order valence-electron chi connectivity index (χ0n) is 13.8. The predicted octanol–water partition coefficient (Wildman–Crippen LogP) is 3.98. The second-order valence-corrected chi connectivity index (χ2v) is 5.82. The topological polar surface area (TPSA) is 50.1 Å². The van der Waals surface area contributed by atoms with Crippen LogP contribution in [0.4, 0.5) is 10.1 Å². The summed E-state index contributed by atoms with van der Waals surface area (Å²) in [6, 6.07) is 11.8. The zero-order chi connectivity index (χ0) is 17.3. The smallest absolute Gasteiger partial charge is 0.280 e. The average molecular weight is 323 g/mol. The van der Waals surface area contributed by atoms with Gasteiger partial charge in [-0.05, 0) is 62.2 Å². The molecule has 0 fully saturated rings. The van der Waals surface area contributed by atoms with E-state index in [0.717, 1.165) is 16.8 Å². The van der Waals surface area contributed by atoms with Crippen molar-refractivity contribution in [3.05, 3.63) is 81.0 Å². The number of nitrogens with one attached hydrogen (secondary N) is 1. The number of nitrogens with zero attached hydrogens (tertiary/aromatic N) is 2. The second-order valence-electron chi connectivity index (χ2n) is 5.82. The van der Waals surface area contributed by atoms with Gasteiger partial charge in [0.2, 0.25) is 0 Å². The first-order chi connectivity index (χ1) is 11.5. The third-order valence-corrected chi connectivity index (χ3v) is 3.90. The second kappa shape index (κ2) is 6.28. The Labute approximate surface area is 139 Å². The van der Waals surface area contributed by atoms with E-state index in [1.807, 2.05) is 39.0 Å². The molecule has 2 aromatic carbocycles. The Balaban J connectivity index is 2.01. The van der Waals surface area contributed by atoms with Crippen molar-refractivity contribution in [2.24, 2.45) is 4.99 Å². The lowest BCUT2D eigenvalue weighted by Crippen LogP contribution is -2.17. The molecule has 3 aromatic rings. The minimum Gasteiger partial charge on any atom is -0.295 e. The minimum absolute atomic E-state index is 0.215. The lowest BCUT2D eigenvalue weighted by molar-refractivity contribution is 0.627. The molecule has 24 heavy (non-hydrogen) atoms. The van der Waals surface area contributed by atoms with Crippen molar-refractivity contribution in [2.45, 2.75) is 20.8 Å². The summed E-state index contributed by atoms with van der Waals surface area (Å²) in [6.45, 7) is 5.79. The number of H-pyrrole nitrogens is 1. The molecule has 1 aromatic heterocycles. The van der Waals surface area contributed by atoms with E-state index < -0.39 is 0 Å². The fourth-order valence-electron chi connectivity index (χ4n) is 2.48. The van der Waals surface area contributed by atoms with Gasteiger partial charge in [-0.2, -0.15) is 0 Å². The minimum atomic E-state index is -0.341. The monoisotopic (exact) mass is 323 g/mol. The summed E-state index contributed by atoms with van der Waals surface area (Å²) in [4.78, 5) is 17.1. The number of benzene rings is 2. The fraction of sp³-hybridized carbons (Fsp3) is 0.158. The van der Waals surface area contributed by atoms with E-state index in [1.165, 1.54) is 16.8 Å². The lowest BCUT2D eigenvalue weighted by Gasteiger charge is -2.00. The molecule has 0 unspecified atom stereocenters. The molecule has 0 atom stereocenters. The van der Waals surface area contributed by atoms with E-state index in [1.54, 1.807) is 18.3 Å². The molecule has 0 aliphatic rings. The number of aromatic amines is 1. The highest BCUT2D eigenvalue weighted by Gasteiger charge is 2.11. The van der Waals surface area contributed by atoms with Crippen molar-refractivity contribution >= 4 is 11.9 Å². The third-order valence-electron chi connectivity index (χ3n) is 3.90. The number of aliphatic imine (C=N–C) groups is 1. The SMILES string of the molecule is Cc1ccc(C)c(N=Cc2c(C)[nH]n(-c3ccc(F)cc3)c2=O)c1. The summed E-state index contributed by atoms with van der Waals surface area (Å²) in [5.41, 5.74) is 4.55. The van der Waals surface area contributed by atoms with Crippen molar-refractivity contribution in [2.75, 3.05) is 0 Å². The van der Waals surface area contributed by atoms with E-state index >= 15 is 0 Å². The number of hydrogen-bond donors (Lipinski definition) is 1. The molecular weight excluding hydrogens is 305 g/mol. The van der Waals surface area contributed by atoms with E-state index in [9.17, 15) is 9.18 Å². The van der Waals surface area contributed by atoms with Gasteiger partial charge in [-0.25, -0.2) is 9.07 Å². The standard InChI is InChI=1S/C19H18FN3O/c1-12-4-5-13(2)18(10-12)21-11-17-14(3)22-23(19(17)24)16-8-6-15(20)7-9-16/h4-11,22H,1-3H3. The number of aryl methyl sites for hydroxylation is 3. The Morgan fingerprint density at radius 1 is 1.08 bits per heavy atom. The molecule has 3 rings (SSSR count). The van der Waals surface area contributed by atoms with Crippen molar-refractivity contribution in [3.63, 3.8) is 0 Å². The van der Waals surface area contributed by atoms with Gasteiger partial charge in [0.25, 0.3) is 5.56 Å². The van der Waals surface area contributed by atoms with Crippen LogP contribution in [0.15, 0.2) is 52.3 Å². The van der Waals surface area contributed by atoms with Crippen LogP contribution in [0.3, 0.4) is 0 Å². The van der Waals surface area contributed by atoms with Crippen LogP contribution in [-0.4, -0.2) is 16.0 Å². The maximum absolute atomic E-state index is 13.0. The van der Waals surface area contributed by atoms with Gasteiger partial charge in [-0.3, -0.25) is 14.9 Å². The maximum atomic E-state index is 13.0. The average Bonchev–Trinajstić information content (AvgIpc) is 2.84. The first-order valence-corrected chi connectivity index (χ1v) is 7.64. The Hall–Kier alpha value is -2.95. The Bertz CT molecular complexity index is 965. The first kappa shape index (κ1) is 15.9. The molecule has 5 heteroatoms. The van der Waals surface area contributed by atoms with Gasteiger partial charge in [0.05, 0.1) is 16.9 Å². The summed E-state index contributed by atoms with van der Waals surface area (Å²) in [5, 5.41) is 3.00. The highest BCUT2D eigenvalue weighted by molar-refractivity contribution is 5.83. The largest absolute Gasteiger partial charge is 0.295 e. The fourth-order valence-corrected chi connectivity index (χ4v) is 2.48. The molecular formula is C19H18FN3O. The Morgan fingerprint density at radius 3 is 2.50 bits per heavy atom. The molecule has 0 aliphatic carbocycles. The van der Waals surface area contributed by atoms with Crippen molar-refractivity contribution in [3.8, 4) is 5.69 Å². The van der Waals surface area contributed by atoms with E-state index in [4.69, 9.17) is 0 Å². The molecule has 1 heterocycles. The van der Waals surface area contributed by atoms with Gasteiger partial charge < -0.3 is 0 Å². The van der Waals surface area contributed by atoms with Gasteiger partial charge in [-0.15, -0.1) is 0 Å². The van der Waals surface area contributed by atoms with E-state index in [0.29, 0.717) is 16.9 Å². The molecule has 1 N–H and O–H groups in total. The molecule has 0 bridgehead atoms. The summed E-state index contributed by atoms with van der Waals surface area (Å²) in [7, 11) is 0. The van der Waals surface area contributed by atoms with Crippen molar-refractivity contribution in [1.82, 2.24) is 9.78 Å². The van der Waals surface area contributed by atoms with Crippen molar-refractivity contribution in [1.29, 1.82) is 0 Å². The van der Waals surface area contributed by atoms with Crippen LogP contribution in [0, 0.1) is 26.6 Å². The third kappa shape index (κ3) is 3.06. The zero-order valence-corrected chi connectivity index (χ0v) is 13.8. The predicted molar refractivity (Wildman–Crippen MR) is 94.3 cm³/mol. The number of hydrogen-bond acceptors (Lipinski definition) is 2. The summed E-state index contributed by atoms with van der Waals surface area (Å²) >= 11 is 0. The van der Waals surface area contributed by atoms with Crippen molar-refractivity contribution < 1.29 is 4.39 Å². The number of aromatic nitrogens is 2. The molecule has 0 spiro atoms. The van der Waals surface area contributed by atoms with Crippen LogP contribution >= 0.6 is 0 Å². The van der Waals surface area contributed by atoms with Gasteiger partial charge in [0.1, 0.15) is 5.82 Å². The summed E-state index contributed by atoms with van der Waals surface area (Å²) in [6.07, 6.45) is 1.58. The molecule has 0 saturated heterocycles. The molecule has 0 saturated carbocycles. The molecule has 122 valence electrons. The molecule has 0 radical (unpaired) electrons. The van der Waals surface area contributed by atoms with Gasteiger partial charge >= 0.3 is 0 Å². The maximum Gasteiger partial charge on any atom is 0.280 e. The van der Waals surface area contributed by atoms with Gasteiger partial charge in [0.15, 0.2) is 0 Å². The molecule has 4 nitrogen and oxygen atoms in total. The first-order valence-electron chi connectivity index (χ1n) is 7.64. The summed E-state index contributed by atoms with van der Waals surface area (Å²) < 4.78 is 14.4. The quantitative estimate of drug-likeness (QED) is 0.728. The highest BCUT2D eigenvalue weighted by atomic mass is 19.1. The summed E-state index contributed by atoms with van der Waals surface area (Å²) in [5.74, 6) is -0.341. The Kier molecular flexibility index (Phi) is 4.16. The number of halogens is 1. The van der Waals surface area contributed by atoms with Crippen LogP contribution < -0.4 is 5.56 Å². The van der Waals surface area contributed by atoms with Gasteiger partial charge in [-0.1, -0.05) is 12.1 Å². The van der Waals surface area contributed by atoms with E-state index in [2.05, 4.69) is 10.1 Å². The molecule has 0 aliphatic heterocycles. The highest BCUT2D eigenvalue weighted by Crippen LogP contribution is 2.19. The van der Waals surface area contributed by atoms with Crippen LogP contribution in [0.5, 0.6) is 0 Å². The normalized spacial score (nSPS) is 11.3. The van der Waals surface area contributed by atoms with Crippen LogP contribution in [0.1, 0.15) is 22.4 Å².